The van der Waals surface area contributed by atoms with E-state index in [1.165, 1.54) is 24.0 Å². The standard InChI is InChI=1S/C12H13F5.C10H14.C2H6.CH4/c1-3-5-6(4-2)7-8(13)10(15)12(17)11(16)9(7)14;1-3-4-10-7-5-9(2)6-8-10;1-2;/h6H,3-5H2,1-2H3;5-8H,3-4H2,1-2H3;1-2H3;1H4. The van der Waals surface area contributed by atoms with Crippen molar-refractivity contribution in [2.45, 2.75) is 87.0 Å². The minimum absolute atomic E-state index is 0. The van der Waals surface area contributed by atoms with Gasteiger partial charge in [-0.3, -0.25) is 0 Å². The zero-order valence-corrected chi connectivity index (χ0v) is 18.3. The molecule has 2 aromatic rings. The summed E-state index contributed by atoms with van der Waals surface area (Å²) in [5.74, 6) is -9.90. The summed E-state index contributed by atoms with van der Waals surface area (Å²) in [6.45, 7) is 11.8. The Hall–Kier alpha value is -1.91. The molecule has 0 N–H and O–H groups in total. The Labute approximate surface area is 179 Å². The Kier molecular flexibility index (Phi) is 16.0. The fourth-order valence-electron chi connectivity index (χ4n) is 2.92. The minimum Gasteiger partial charge on any atom is -0.203 e. The Morgan fingerprint density at radius 3 is 1.50 bits per heavy atom. The molecule has 0 saturated carbocycles. The van der Waals surface area contributed by atoms with Gasteiger partial charge < -0.3 is 0 Å². The van der Waals surface area contributed by atoms with Crippen LogP contribution in [0.1, 0.15) is 90.3 Å². The number of aryl methyl sites for hydroxylation is 2. The quantitative estimate of drug-likeness (QED) is 0.242. The number of benzene rings is 2. The van der Waals surface area contributed by atoms with Gasteiger partial charge in [-0.05, 0) is 37.7 Å². The normalized spacial score (nSPS) is 10.8. The number of hydrogen-bond acceptors (Lipinski definition) is 0. The van der Waals surface area contributed by atoms with Crippen molar-refractivity contribution >= 4 is 0 Å². The van der Waals surface area contributed by atoms with Crippen molar-refractivity contribution in [2.75, 3.05) is 0 Å². The molecule has 0 aromatic heterocycles. The zero-order valence-electron chi connectivity index (χ0n) is 18.3. The van der Waals surface area contributed by atoms with E-state index in [1.807, 2.05) is 13.8 Å². The fraction of sp³-hybridized carbons (Fsp3) is 0.520. The van der Waals surface area contributed by atoms with Gasteiger partial charge in [0, 0.05) is 5.56 Å². The topological polar surface area (TPSA) is 0 Å². The van der Waals surface area contributed by atoms with E-state index in [4.69, 9.17) is 0 Å². The lowest BCUT2D eigenvalue weighted by atomic mass is 9.91. The summed E-state index contributed by atoms with van der Waals surface area (Å²) in [7, 11) is 0. The molecule has 0 aliphatic carbocycles. The second kappa shape index (κ2) is 15.9. The van der Waals surface area contributed by atoms with E-state index in [2.05, 4.69) is 38.1 Å². The molecule has 172 valence electrons. The molecule has 0 amide bonds. The van der Waals surface area contributed by atoms with Crippen molar-refractivity contribution in [1.82, 2.24) is 0 Å². The van der Waals surface area contributed by atoms with E-state index in [0.29, 0.717) is 19.3 Å². The number of rotatable bonds is 6. The number of hydrogen-bond donors (Lipinski definition) is 0. The third kappa shape index (κ3) is 8.45. The molecule has 2 aromatic carbocycles. The molecule has 2 rings (SSSR count). The molecule has 0 nitrogen and oxygen atoms in total. The summed E-state index contributed by atoms with van der Waals surface area (Å²) < 4.78 is 65.7. The highest BCUT2D eigenvalue weighted by molar-refractivity contribution is 5.27. The molecule has 0 heterocycles. The van der Waals surface area contributed by atoms with E-state index < -0.39 is 40.6 Å². The summed E-state index contributed by atoms with van der Waals surface area (Å²) >= 11 is 0. The van der Waals surface area contributed by atoms with Crippen LogP contribution in [0.5, 0.6) is 0 Å². The Bertz CT molecular complexity index is 694. The summed E-state index contributed by atoms with van der Waals surface area (Å²) in [5.41, 5.74) is 2.11. The molecule has 1 atom stereocenters. The molecule has 30 heavy (non-hydrogen) atoms. The largest absolute Gasteiger partial charge is 0.203 e. The van der Waals surface area contributed by atoms with Gasteiger partial charge in [0.25, 0.3) is 0 Å². The molecule has 0 aliphatic heterocycles. The molecular formula is C25H37F5. The third-order valence-corrected chi connectivity index (χ3v) is 4.44. The van der Waals surface area contributed by atoms with Crippen LogP contribution in [0.25, 0.3) is 0 Å². The summed E-state index contributed by atoms with van der Waals surface area (Å²) in [6.07, 6.45) is 3.77. The Morgan fingerprint density at radius 1 is 0.700 bits per heavy atom. The van der Waals surface area contributed by atoms with Crippen molar-refractivity contribution in [3.8, 4) is 0 Å². The predicted octanol–water partition coefficient (Wildman–Crippen LogP) is 9.29. The van der Waals surface area contributed by atoms with Crippen molar-refractivity contribution in [1.29, 1.82) is 0 Å². The molecule has 1 unspecified atom stereocenters. The van der Waals surface area contributed by atoms with Crippen molar-refractivity contribution in [2.24, 2.45) is 0 Å². The highest BCUT2D eigenvalue weighted by atomic mass is 19.2. The molecule has 0 radical (unpaired) electrons. The average Bonchev–Trinajstić information content (AvgIpc) is 2.74. The van der Waals surface area contributed by atoms with Crippen molar-refractivity contribution in [3.63, 3.8) is 0 Å². The molecule has 5 heteroatoms. The van der Waals surface area contributed by atoms with Crippen LogP contribution < -0.4 is 0 Å². The van der Waals surface area contributed by atoms with Crippen molar-refractivity contribution in [3.05, 3.63) is 70.0 Å². The minimum atomic E-state index is -2.10. The summed E-state index contributed by atoms with van der Waals surface area (Å²) in [5, 5.41) is 0. The molecule has 0 spiro atoms. The van der Waals surface area contributed by atoms with Gasteiger partial charge in [-0.2, -0.15) is 0 Å². The van der Waals surface area contributed by atoms with Crippen LogP contribution in [0.15, 0.2) is 24.3 Å². The summed E-state index contributed by atoms with van der Waals surface area (Å²) in [4.78, 5) is 0. The van der Waals surface area contributed by atoms with Crippen LogP contribution in [0, 0.1) is 36.0 Å². The maximum absolute atomic E-state index is 13.4. The second-order valence-electron chi connectivity index (χ2n) is 6.61. The highest BCUT2D eigenvalue weighted by Gasteiger charge is 2.29. The average molecular weight is 433 g/mol. The van der Waals surface area contributed by atoms with Gasteiger partial charge >= 0.3 is 0 Å². The van der Waals surface area contributed by atoms with E-state index in [0.717, 1.165) is 0 Å². The van der Waals surface area contributed by atoms with Crippen LogP contribution in [-0.2, 0) is 6.42 Å². The first-order valence-corrected chi connectivity index (χ1v) is 10.3. The van der Waals surface area contributed by atoms with Gasteiger partial charge in [-0.1, -0.05) is 84.7 Å². The van der Waals surface area contributed by atoms with E-state index in [9.17, 15) is 22.0 Å². The second-order valence-corrected chi connectivity index (χ2v) is 6.61. The monoisotopic (exact) mass is 432 g/mol. The lowest BCUT2D eigenvalue weighted by molar-refractivity contribution is 0.360. The van der Waals surface area contributed by atoms with Crippen LogP contribution in [0.4, 0.5) is 22.0 Å². The van der Waals surface area contributed by atoms with Gasteiger partial charge in [0.15, 0.2) is 23.3 Å². The molecule has 0 saturated heterocycles. The first-order valence-electron chi connectivity index (χ1n) is 10.3. The van der Waals surface area contributed by atoms with Crippen LogP contribution >= 0.6 is 0 Å². The SMILES string of the molecule is C.CC.CCCC(CC)c1c(F)c(F)c(F)c(F)c1F.CCCc1ccc(C)cc1. The van der Waals surface area contributed by atoms with Gasteiger partial charge in [-0.15, -0.1) is 0 Å². The molecule has 0 bridgehead atoms. The first kappa shape index (κ1) is 30.3. The smallest absolute Gasteiger partial charge is 0.200 e. The molecule has 0 fully saturated rings. The van der Waals surface area contributed by atoms with Crippen LogP contribution in [-0.4, -0.2) is 0 Å². The Balaban J connectivity index is 0. The van der Waals surface area contributed by atoms with Gasteiger partial charge in [0.05, 0.1) is 0 Å². The zero-order chi connectivity index (χ0) is 22.6. The maximum atomic E-state index is 13.4. The van der Waals surface area contributed by atoms with Gasteiger partial charge in [-0.25, -0.2) is 22.0 Å². The predicted molar refractivity (Wildman–Crippen MR) is 117 cm³/mol. The third-order valence-electron chi connectivity index (χ3n) is 4.44. The van der Waals surface area contributed by atoms with Crippen LogP contribution in [0.3, 0.4) is 0 Å². The molecular weight excluding hydrogens is 395 g/mol. The van der Waals surface area contributed by atoms with Gasteiger partial charge in [0.2, 0.25) is 5.82 Å². The first-order chi connectivity index (χ1) is 13.8. The van der Waals surface area contributed by atoms with E-state index in [-0.39, 0.29) is 7.43 Å². The molecule has 0 aliphatic rings. The summed E-state index contributed by atoms with van der Waals surface area (Å²) in [6, 6.07) is 8.76. The fourth-order valence-corrected chi connectivity index (χ4v) is 2.92. The number of halogens is 5. The van der Waals surface area contributed by atoms with E-state index >= 15 is 0 Å². The lowest BCUT2D eigenvalue weighted by Gasteiger charge is -2.17. The van der Waals surface area contributed by atoms with Gasteiger partial charge in [0.1, 0.15) is 0 Å². The van der Waals surface area contributed by atoms with Crippen LogP contribution in [0.2, 0.25) is 0 Å². The highest BCUT2D eigenvalue weighted by Crippen LogP contribution is 2.33. The Morgan fingerprint density at radius 2 is 1.13 bits per heavy atom. The maximum Gasteiger partial charge on any atom is 0.200 e. The van der Waals surface area contributed by atoms with E-state index in [1.54, 1.807) is 13.8 Å². The lowest BCUT2D eigenvalue weighted by Crippen LogP contribution is -2.11. The van der Waals surface area contributed by atoms with Crippen molar-refractivity contribution < 1.29 is 22.0 Å².